The molecule has 27 heavy (non-hydrogen) atoms. The summed E-state index contributed by atoms with van der Waals surface area (Å²) in [5, 5.41) is 0. The lowest BCUT2D eigenvalue weighted by Crippen LogP contribution is -2.30. The van der Waals surface area contributed by atoms with Crippen molar-refractivity contribution in [3.05, 3.63) is 89.3 Å². The van der Waals surface area contributed by atoms with Gasteiger partial charge in [0.25, 0.3) is 0 Å². The molecule has 3 rings (SSSR count). The molecule has 0 bridgehead atoms. The molecule has 2 aromatic carbocycles. The maximum Gasteiger partial charge on any atom is 0.101 e. The van der Waals surface area contributed by atoms with Gasteiger partial charge in [-0.3, -0.25) is 0 Å². The number of anilines is 1. The fraction of sp³-hybridized carbons (Fsp3) is 0.217. The summed E-state index contributed by atoms with van der Waals surface area (Å²) < 4.78 is 0. The highest BCUT2D eigenvalue weighted by molar-refractivity contribution is 5.85. The van der Waals surface area contributed by atoms with E-state index in [1.165, 1.54) is 11.3 Å². The number of nitrogens with two attached hydrogens (primary N) is 3. The second kappa shape index (κ2) is 8.04. The Morgan fingerprint density at radius 3 is 2.19 bits per heavy atom. The summed E-state index contributed by atoms with van der Waals surface area (Å²) in [6.07, 6.45) is 3.97. The molecule has 0 amide bonds. The molecule has 6 N–H and O–H groups in total. The maximum absolute atomic E-state index is 6.33. The number of hydrogen-bond acceptors (Lipinski definition) is 4. The maximum atomic E-state index is 6.33. The van der Waals surface area contributed by atoms with Crippen molar-refractivity contribution in [3.63, 3.8) is 0 Å². The van der Waals surface area contributed by atoms with Crippen LogP contribution in [0.15, 0.2) is 72.6 Å². The first-order valence-corrected chi connectivity index (χ1v) is 9.26. The van der Waals surface area contributed by atoms with Crippen LogP contribution in [0.25, 0.3) is 11.3 Å². The number of nitrogens with zero attached hydrogens (tertiary/aromatic N) is 1. The van der Waals surface area contributed by atoms with Crippen molar-refractivity contribution in [3.8, 4) is 0 Å². The van der Waals surface area contributed by atoms with Crippen molar-refractivity contribution >= 4 is 17.0 Å². The van der Waals surface area contributed by atoms with E-state index in [-0.39, 0.29) is 5.82 Å². The van der Waals surface area contributed by atoms with E-state index in [2.05, 4.69) is 35.7 Å². The summed E-state index contributed by atoms with van der Waals surface area (Å²) in [7, 11) is 0. The molecule has 1 heterocycles. The summed E-state index contributed by atoms with van der Waals surface area (Å²) in [6, 6.07) is 16.3. The first-order chi connectivity index (χ1) is 13.0. The van der Waals surface area contributed by atoms with Crippen molar-refractivity contribution in [1.82, 2.24) is 0 Å². The zero-order chi connectivity index (χ0) is 19.4. The highest BCUT2D eigenvalue weighted by atomic mass is 15.1. The van der Waals surface area contributed by atoms with Gasteiger partial charge in [-0.1, -0.05) is 48.6 Å². The van der Waals surface area contributed by atoms with E-state index in [1.54, 1.807) is 0 Å². The summed E-state index contributed by atoms with van der Waals surface area (Å²) >= 11 is 0. The van der Waals surface area contributed by atoms with Crippen LogP contribution in [-0.4, -0.2) is 13.1 Å². The molecule has 0 aromatic heterocycles. The largest absolute Gasteiger partial charge is 0.398 e. The first kappa shape index (κ1) is 18.6. The van der Waals surface area contributed by atoms with Crippen LogP contribution < -0.4 is 22.1 Å². The Bertz CT molecular complexity index is 877. The van der Waals surface area contributed by atoms with Gasteiger partial charge in [-0.25, -0.2) is 0 Å². The van der Waals surface area contributed by atoms with Crippen LogP contribution in [-0.2, 0) is 0 Å². The van der Waals surface area contributed by atoms with E-state index in [4.69, 9.17) is 17.2 Å². The Morgan fingerprint density at radius 1 is 0.963 bits per heavy atom. The lowest BCUT2D eigenvalue weighted by molar-refractivity contribution is 0.687. The SMILES string of the molecule is C=C1CCN(c2ccc(C(/C=C(\N)c3ccccc3C)=C(N)N)cc2)CC1. The molecule has 1 saturated heterocycles. The van der Waals surface area contributed by atoms with E-state index in [0.717, 1.165) is 48.2 Å². The average Bonchev–Trinajstić information content (AvgIpc) is 2.67. The summed E-state index contributed by atoms with van der Waals surface area (Å²) in [5.74, 6) is 0.258. The fourth-order valence-corrected chi connectivity index (χ4v) is 3.40. The van der Waals surface area contributed by atoms with Crippen LogP contribution in [0.4, 0.5) is 5.69 Å². The first-order valence-electron chi connectivity index (χ1n) is 9.26. The van der Waals surface area contributed by atoms with Crippen LogP contribution in [0.2, 0.25) is 0 Å². The third-order valence-corrected chi connectivity index (χ3v) is 5.08. The zero-order valence-corrected chi connectivity index (χ0v) is 15.9. The Labute approximate surface area is 161 Å². The fourth-order valence-electron chi connectivity index (χ4n) is 3.40. The van der Waals surface area contributed by atoms with E-state index < -0.39 is 0 Å². The van der Waals surface area contributed by atoms with Crippen molar-refractivity contribution < 1.29 is 0 Å². The summed E-state index contributed by atoms with van der Waals surface area (Å²) in [5.41, 5.74) is 25.3. The molecule has 0 spiro atoms. The Morgan fingerprint density at radius 2 is 1.59 bits per heavy atom. The predicted molar refractivity (Wildman–Crippen MR) is 116 cm³/mol. The molecule has 0 radical (unpaired) electrons. The van der Waals surface area contributed by atoms with Gasteiger partial charge in [0.05, 0.1) is 0 Å². The van der Waals surface area contributed by atoms with Crippen LogP contribution >= 0.6 is 0 Å². The van der Waals surface area contributed by atoms with Gasteiger partial charge < -0.3 is 22.1 Å². The van der Waals surface area contributed by atoms with E-state index in [0.29, 0.717) is 5.70 Å². The van der Waals surface area contributed by atoms with Gasteiger partial charge in [-0.15, -0.1) is 0 Å². The lowest BCUT2D eigenvalue weighted by Gasteiger charge is -2.30. The van der Waals surface area contributed by atoms with Crippen LogP contribution in [0.3, 0.4) is 0 Å². The number of allylic oxidation sites excluding steroid dienone is 2. The molecule has 1 aliphatic rings. The Hall–Kier alpha value is -3.14. The molecule has 0 atom stereocenters. The quantitative estimate of drug-likeness (QED) is 0.573. The normalized spacial score (nSPS) is 14.9. The van der Waals surface area contributed by atoms with E-state index in [9.17, 15) is 0 Å². The molecule has 0 unspecified atom stereocenters. The highest BCUT2D eigenvalue weighted by Gasteiger charge is 2.13. The molecule has 4 nitrogen and oxygen atoms in total. The highest BCUT2D eigenvalue weighted by Crippen LogP contribution is 2.26. The van der Waals surface area contributed by atoms with Crippen molar-refractivity contribution in [1.29, 1.82) is 0 Å². The third-order valence-electron chi connectivity index (χ3n) is 5.08. The number of hydrogen-bond donors (Lipinski definition) is 3. The second-order valence-corrected chi connectivity index (χ2v) is 7.07. The minimum Gasteiger partial charge on any atom is -0.398 e. The molecule has 140 valence electrons. The number of rotatable bonds is 4. The van der Waals surface area contributed by atoms with Gasteiger partial charge in [0.2, 0.25) is 0 Å². The molecule has 2 aromatic rings. The Balaban J connectivity index is 1.86. The molecule has 0 saturated carbocycles. The molecule has 1 fully saturated rings. The average molecular weight is 361 g/mol. The van der Waals surface area contributed by atoms with E-state index in [1.807, 2.05) is 37.3 Å². The monoisotopic (exact) mass is 360 g/mol. The van der Waals surface area contributed by atoms with Gasteiger partial charge in [0, 0.05) is 35.6 Å². The topological polar surface area (TPSA) is 81.3 Å². The minimum atomic E-state index is 0.258. The zero-order valence-electron chi connectivity index (χ0n) is 15.9. The lowest BCUT2D eigenvalue weighted by atomic mass is 9.99. The van der Waals surface area contributed by atoms with Crippen LogP contribution in [0, 0.1) is 6.92 Å². The van der Waals surface area contributed by atoms with Gasteiger partial charge in [0.1, 0.15) is 5.82 Å². The summed E-state index contributed by atoms with van der Waals surface area (Å²) in [6.45, 7) is 8.14. The van der Waals surface area contributed by atoms with Crippen LogP contribution in [0.1, 0.15) is 29.5 Å². The minimum absolute atomic E-state index is 0.258. The predicted octanol–water partition coefficient (Wildman–Crippen LogP) is 3.74. The van der Waals surface area contributed by atoms with Gasteiger partial charge in [0.15, 0.2) is 0 Å². The van der Waals surface area contributed by atoms with Gasteiger partial charge >= 0.3 is 0 Å². The third kappa shape index (κ3) is 4.34. The van der Waals surface area contributed by atoms with Gasteiger partial charge in [-0.2, -0.15) is 0 Å². The molecule has 0 aliphatic carbocycles. The van der Waals surface area contributed by atoms with Crippen molar-refractivity contribution in [2.45, 2.75) is 19.8 Å². The van der Waals surface area contributed by atoms with E-state index >= 15 is 0 Å². The van der Waals surface area contributed by atoms with Gasteiger partial charge in [-0.05, 0) is 49.1 Å². The standard InChI is InChI=1S/C23H28N4/c1-16-11-13-27(14-12-16)19-9-7-18(8-10-19)21(23(25)26)15-22(24)20-6-4-3-5-17(20)2/h3-10,15H,1,11-14,24-26H2,2H3/b22-15-. The number of benzene rings is 2. The summed E-state index contributed by atoms with van der Waals surface area (Å²) in [4.78, 5) is 2.38. The van der Waals surface area contributed by atoms with Crippen molar-refractivity contribution in [2.75, 3.05) is 18.0 Å². The molecular formula is C23H28N4. The number of aryl methyl sites for hydroxylation is 1. The smallest absolute Gasteiger partial charge is 0.101 e. The van der Waals surface area contributed by atoms with Crippen molar-refractivity contribution in [2.24, 2.45) is 17.2 Å². The number of piperidine rings is 1. The molecular weight excluding hydrogens is 332 g/mol. The van der Waals surface area contributed by atoms with Crippen LogP contribution in [0.5, 0.6) is 0 Å². The second-order valence-electron chi connectivity index (χ2n) is 7.07. The Kier molecular flexibility index (Phi) is 5.55. The molecule has 1 aliphatic heterocycles. The molecule has 4 heteroatoms.